The van der Waals surface area contributed by atoms with Gasteiger partial charge in [-0.3, -0.25) is 4.79 Å². The Morgan fingerprint density at radius 2 is 1.91 bits per heavy atom. The first-order chi connectivity index (χ1) is 10.9. The lowest BCUT2D eigenvalue weighted by molar-refractivity contribution is -0.132. The number of carbonyl (C=O) groups is 2. The molecule has 1 N–H and O–H groups in total. The molecule has 0 atom stereocenters. The van der Waals surface area contributed by atoms with Crippen molar-refractivity contribution in [1.82, 2.24) is 9.21 Å². The predicted molar refractivity (Wildman–Crippen MR) is 86.1 cm³/mol. The third-order valence-electron chi connectivity index (χ3n) is 3.75. The Hall–Kier alpha value is -1.45. The number of aromatic carboxylic acids is 1. The number of hydrogen-bond donors (Lipinski definition) is 1. The molecule has 0 aliphatic carbocycles. The number of hydrogen-bond acceptors (Lipinski definition) is 5. The van der Waals surface area contributed by atoms with E-state index >= 15 is 0 Å². The summed E-state index contributed by atoms with van der Waals surface area (Å²) in [5.41, 5.74) is -0.0260. The molecule has 1 saturated heterocycles. The lowest BCUT2D eigenvalue weighted by Crippen LogP contribution is -2.50. The van der Waals surface area contributed by atoms with E-state index in [1.54, 1.807) is 4.90 Å². The van der Waals surface area contributed by atoms with Crippen LogP contribution in [0.25, 0.3) is 0 Å². The number of carboxylic acid groups (broad SMARTS) is 1. The number of thiophene rings is 1. The van der Waals surface area contributed by atoms with Gasteiger partial charge in [0, 0.05) is 38.0 Å². The van der Waals surface area contributed by atoms with Gasteiger partial charge in [0.1, 0.15) is 4.21 Å². The fourth-order valence-corrected chi connectivity index (χ4v) is 5.08. The highest BCUT2D eigenvalue weighted by molar-refractivity contribution is 7.91. The van der Waals surface area contributed by atoms with Crippen LogP contribution in [0.2, 0.25) is 0 Å². The van der Waals surface area contributed by atoms with E-state index in [2.05, 4.69) is 0 Å². The SMILES string of the molecule is CCCCC(=O)N1CCN(S(=O)(=O)c2cc(C(=O)O)cs2)CC1. The number of sulfonamides is 1. The quantitative estimate of drug-likeness (QED) is 0.829. The van der Waals surface area contributed by atoms with Crippen LogP contribution in [0.5, 0.6) is 0 Å². The van der Waals surface area contributed by atoms with Crippen molar-refractivity contribution < 1.29 is 23.1 Å². The molecule has 0 aromatic carbocycles. The average Bonchev–Trinajstić information content (AvgIpc) is 3.03. The lowest BCUT2D eigenvalue weighted by Gasteiger charge is -2.33. The molecule has 0 radical (unpaired) electrons. The van der Waals surface area contributed by atoms with Gasteiger partial charge in [0.15, 0.2) is 0 Å². The first-order valence-corrected chi connectivity index (χ1v) is 9.78. The molecule has 0 saturated carbocycles. The van der Waals surface area contributed by atoms with Crippen molar-refractivity contribution in [3.63, 3.8) is 0 Å². The predicted octanol–water partition coefficient (Wildman–Crippen LogP) is 1.47. The molecule has 23 heavy (non-hydrogen) atoms. The second-order valence-corrected chi connectivity index (χ2v) is 8.42. The summed E-state index contributed by atoms with van der Waals surface area (Å²) >= 11 is 0.906. The van der Waals surface area contributed by atoms with Crippen LogP contribution >= 0.6 is 11.3 Å². The van der Waals surface area contributed by atoms with Gasteiger partial charge < -0.3 is 10.0 Å². The summed E-state index contributed by atoms with van der Waals surface area (Å²) in [5, 5.41) is 10.2. The summed E-state index contributed by atoms with van der Waals surface area (Å²) in [7, 11) is -3.69. The molecule has 0 spiro atoms. The first kappa shape index (κ1) is 17.9. The molecule has 1 aliphatic rings. The summed E-state index contributed by atoms with van der Waals surface area (Å²) in [6.07, 6.45) is 2.28. The van der Waals surface area contributed by atoms with Crippen molar-refractivity contribution in [2.24, 2.45) is 0 Å². The number of nitrogens with zero attached hydrogens (tertiary/aromatic N) is 2. The fourth-order valence-electron chi connectivity index (χ4n) is 2.36. The molecule has 1 fully saturated rings. The van der Waals surface area contributed by atoms with Crippen molar-refractivity contribution in [2.45, 2.75) is 30.4 Å². The molecule has 2 heterocycles. The van der Waals surface area contributed by atoms with E-state index in [9.17, 15) is 18.0 Å². The third-order valence-corrected chi connectivity index (χ3v) is 7.07. The van der Waals surface area contributed by atoms with E-state index in [0.29, 0.717) is 19.5 Å². The molecule has 1 aliphatic heterocycles. The average molecular weight is 360 g/mol. The minimum absolute atomic E-state index is 0.0260. The van der Waals surface area contributed by atoms with Crippen LogP contribution in [0, 0.1) is 0 Å². The molecule has 1 aromatic rings. The van der Waals surface area contributed by atoms with Gasteiger partial charge in [-0.05, 0) is 12.5 Å². The zero-order chi connectivity index (χ0) is 17.0. The Morgan fingerprint density at radius 3 is 2.43 bits per heavy atom. The number of unbranched alkanes of at least 4 members (excludes halogenated alkanes) is 1. The monoisotopic (exact) mass is 360 g/mol. The normalized spacial score (nSPS) is 16.5. The molecule has 2 rings (SSSR count). The maximum atomic E-state index is 12.5. The largest absolute Gasteiger partial charge is 0.478 e. The highest BCUT2D eigenvalue weighted by atomic mass is 32.2. The Labute approximate surface area is 139 Å². The van der Waals surface area contributed by atoms with E-state index in [1.165, 1.54) is 15.8 Å². The van der Waals surface area contributed by atoms with Crippen molar-refractivity contribution in [3.8, 4) is 0 Å². The number of amides is 1. The van der Waals surface area contributed by atoms with Crippen LogP contribution in [0.3, 0.4) is 0 Å². The molecular formula is C14H20N2O5S2. The summed E-state index contributed by atoms with van der Waals surface area (Å²) < 4.78 is 26.4. The number of carbonyl (C=O) groups excluding carboxylic acids is 1. The lowest BCUT2D eigenvalue weighted by atomic mass is 10.2. The van der Waals surface area contributed by atoms with E-state index in [0.717, 1.165) is 24.2 Å². The van der Waals surface area contributed by atoms with Gasteiger partial charge in [-0.1, -0.05) is 13.3 Å². The number of rotatable bonds is 6. The molecular weight excluding hydrogens is 340 g/mol. The Bertz CT molecular complexity index is 675. The molecule has 0 bridgehead atoms. The second-order valence-electron chi connectivity index (χ2n) is 5.35. The highest BCUT2D eigenvalue weighted by Crippen LogP contribution is 2.25. The Balaban J connectivity index is 2.00. The smallest absolute Gasteiger partial charge is 0.336 e. The van der Waals surface area contributed by atoms with Crippen LogP contribution < -0.4 is 0 Å². The zero-order valence-electron chi connectivity index (χ0n) is 12.9. The molecule has 128 valence electrons. The minimum Gasteiger partial charge on any atom is -0.478 e. The van der Waals surface area contributed by atoms with Crippen molar-refractivity contribution in [3.05, 3.63) is 17.0 Å². The highest BCUT2D eigenvalue weighted by Gasteiger charge is 2.31. The zero-order valence-corrected chi connectivity index (χ0v) is 14.5. The molecule has 9 heteroatoms. The topological polar surface area (TPSA) is 95.0 Å². The van der Waals surface area contributed by atoms with E-state index in [1.807, 2.05) is 6.92 Å². The molecule has 0 unspecified atom stereocenters. The maximum absolute atomic E-state index is 12.5. The van der Waals surface area contributed by atoms with Gasteiger partial charge in [-0.15, -0.1) is 11.3 Å². The molecule has 1 amide bonds. The van der Waals surface area contributed by atoms with Crippen molar-refractivity contribution >= 4 is 33.2 Å². The van der Waals surface area contributed by atoms with Crippen molar-refractivity contribution in [2.75, 3.05) is 26.2 Å². The van der Waals surface area contributed by atoms with Gasteiger partial charge >= 0.3 is 5.97 Å². The van der Waals surface area contributed by atoms with Crippen molar-refractivity contribution in [1.29, 1.82) is 0 Å². The van der Waals surface area contributed by atoms with Gasteiger partial charge in [0.2, 0.25) is 5.91 Å². The summed E-state index contributed by atoms with van der Waals surface area (Å²) in [6.45, 7) is 3.24. The van der Waals surface area contributed by atoms with Crippen LogP contribution in [0.15, 0.2) is 15.7 Å². The third kappa shape index (κ3) is 4.10. The minimum atomic E-state index is -3.69. The summed E-state index contributed by atoms with van der Waals surface area (Å²) in [4.78, 5) is 24.5. The fraction of sp³-hybridized carbons (Fsp3) is 0.571. The summed E-state index contributed by atoms with van der Waals surface area (Å²) in [6, 6.07) is 1.18. The van der Waals surface area contributed by atoms with E-state index in [4.69, 9.17) is 5.11 Å². The van der Waals surface area contributed by atoms with Crippen LogP contribution in [0.1, 0.15) is 36.5 Å². The van der Waals surface area contributed by atoms with Gasteiger partial charge in [0.05, 0.1) is 5.56 Å². The van der Waals surface area contributed by atoms with Gasteiger partial charge in [-0.2, -0.15) is 4.31 Å². The summed E-state index contributed by atoms with van der Waals surface area (Å²) in [5.74, 6) is -1.08. The number of piperazine rings is 1. The molecule has 1 aromatic heterocycles. The Morgan fingerprint density at radius 1 is 1.26 bits per heavy atom. The van der Waals surface area contributed by atoms with Gasteiger partial charge in [0.25, 0.3) is 10.0 Å². The van der Waals surface area contributed by atoms with Gasteiger partial charge in [-0.25, -0.2) is 13.2 Å². The first-order valence-electron chi connectivity index (χ1n) is 7.46. The van der Waals surface area contributed by atoms with Crippen LogP contribution in [-0.2, 0) is 14.8 Å². The van der Waals surface area contributed by atoms with E-state index < -0.39 is 16.0 Å². The van der Waals surface area contributed by atoms with E-state index in [-0.39, 0.29) is 28.8 Å². The Kier molecular flexibility index (Phi) is 5.77. The van der Waals surface area contributed by atoms with Crippen LogP contribution in [-0.4, -0.2) is 60.8 Å². The maximum Gasteiger partial charge on any atom is 0.336 e. The number of carboxylic acids is 1. The van der Waals surface area contributed by atoms with Crippen LogP contribution in [0.4, 0.5) is 0 Å². The molecule has 7 nitrogen and oxygen atoms in total. The second kappa shape index (κ2) is 7.41. The standard InChI is InChI=1S/C14H20N2O5S2/c1-2-3-4-12(17)15-5-7-16(8-6-15)23(20,21)13-9-11(10-22-13)14(18)19/h9-10H,2-8H2,1H3,(H,18,19).